The van der Waals surface area contributed by atoms with Crippen LogP contribution in [0.15, 0.2) is 18.5 Å². The van der Waals surface area contributed by atoms with E-state index >= 15 is 0 Å². The second-order valence-electron chi connectivity index (χ2n) is 5.29. The fourth-order valence-electron chi connectivity index (χ4n) is 2.34. The summed E-state index contributed by atoms with van der Waals surface area (Å²) in [6.45, 7) is 5.22. The van der Waals surface area contributed by atoms with Crippen LogP contribution in [-0.2, 0) is 14.3 Å². The summed E-state index contributed by atoms with van der Waals surface area (Å²) in [6, 6.07) is 1.80. The van der Waals surface area contributed by atoms with Gasteiger partial charge in [0.15, 0.2) is 0 Å². The standard InChI is InChI=1S/C15H21N7O3/c1-2-25-12(23)4-6-16-13-18-14(21-8-10-24-11-9-21)20-15(19-13)22-7-3-5-17-22/h3,5,7H,2,4,6,8-11H2,1H3,(H,16,18,19,20). The van der Waals surface area contributed by atoms with E-state index < -0.39 is 0 Å². The van der Waals surface area contributed by atoms with E-state index in [4.69, 9.17) is 9.47 Å². The maximum absolute atomic E-state index is 11.4. The number of hydrogen-bond acceptors (Lipinski definition) is 9. The van der Waals surface area contributed by atoms with Crippen molar-refractivity contribution in [1.29, 1.82) is 0 Å². The Kier molecular flexibility index (Phi) is 5.73. The Morgan fingerprint density at radius 2 is 2.08 bits per heavy atom. The molecule has 1 fully saturated rings. The number of nitrogens with one attached hydrogen (secondary N) is 1. The lowest BCUT2D eigenvalue weighted by Gasteiger charge is -2.27. The molecule has 1 N–H and O–H groups in total. The van der Waals surface area contributed by atoms with Gasteiger partial charge in [-0.1, -0.05) is 0 Å². The average Bonchev–Trinajstić information content (AvgIpc) is 3.17. The Morgan fingerprint density at radius 3 is 2.80 bits per heavy atom. The van der Waals surface area contributed by atoms with Crippen LogP contribution in [0.25, 0.3) is 5.95 Å². The molecule has 1 aliphatic heterocycles. The van der Waals surface area contributed by atoms with Crippen molar-refractivity contribution in [3.63, 3.8) is 0 Å². The third-order valence-corrected chi connectivity index (χ3v) is 3.53. The summed E-state index contributed by atoms with van der Waals surface area (Å²) in [7, 11) is 0. The molecule has 0 amide bonds. The largest absolute Gasteiger partial charge is 0.466 e. The molecule has 0 radical (unpaired) electrons. The minimum Gasteiger partial charge on any atom is -0.466 e. The van der Waals surface area contributed by atoms with E-state index in [1.54, 1.807) is 30.1 Å². The highest BCUT2D eigenvalue weighted by atomic mass is 16.5. The van der Waals surface area contributed by atoms with Crippen LogP contribution in [0.5, 0.6) is 0 Å². The van der Waals surface area contributed by atoms with E-state index in [1.807, 2.05) is 4.90 Å². The van der Waals surface area contributed by atoms with E-state index in [0.717, 1.165) is 0 Å². The smallest absolute Gasteiger partial charge is 0.307 e. The number of carbonyl (C=O) groups excluding carboxylic acids is 1. The van der Waals surface area contributed by atoms with Crippen LogP contribution < -0.4 is 10.2 Å². The van der Waals surface area contributed by atoms with Crippen LogP contribution >= 0.6 is 0 Å². The lowest BCUT2D eigenvalue weighted by Crippen LogP contribution is -2.37. The maximum atomic E-state index is 11.4. The summed E-state index contributed by atoms with van der Waals surface area (Å²) < 4.78 is 11.9. The number of hydrogen-bond donors (Lipinski definition) is 1. The van der Waals surface area contributed by atoms with Gasteiger partial charge in [-0.25, -0.2) is 4.68 Å². The number of nitrogens with zero attached hydrogens (tertiary/aromatic N) is 6. The van der Waals surface area contributed by atoms with Gasteiger partial charge in [-0.3, -0.25) is 4.79 Å². The van der Waals surface area contributed by atoms with E-state index in [2.05, 4.69) is 25.4 Å². The van der Waals surface area contributed by atoms with E-state index in [0.29, 0.717) is 57.3 Å². The van der Waals surface area contributed by atoms with Gasteiger partial charge in [0.1, 0.15) is 0 Å². The van der Waals surface area contributed by atoms with E-state index in [-0.39, 0.29) is 12.4 Å². The van der Waals surface area contributed by atoms with Crippen molar-refractivity contribution in [3.05, 3.63) is 18.5 Å². The minimum absolute atomic E-state index is 0.240. The molecule has 0 aromatic carbocycles. The van der Waals surface area contributed by atoms with Gasteiger partial charge in [-0.2, -0.15) is 20.1 Å². The third kappa shape index (κ3) is 4.63. The molecule has 0 atom stereocenters. The highest BCUT2D eigenvalue weighted by Crippen LogP contribution is 2.14. The average molecular weight is 347 g/mol. The lowest BCUT2D eigenvalue weighted by molar-refractivity contribution is -0.142. The molecule has 1 aliphatic rings. The third-order valence-electron chi connectivity index (χ3n) is 3.53. The molecule has 1 saturated heterocycles. The summed E-state index contributed by atoms with van der Waals surface area (Å²) in [5.74, 6) is 1.11. The molecule has 2 aromatic rings. The van der Waals surface area contributed by atoms with Gasteiger partial charge < -0.3 is 19.7 Å². The fraction of sp³-hybridized carbons (Fsp3) is 0.533. The number of esters is 1. The van der Waals surface area contributed by atoms with Crippen LogP contribution in [-0.4, -0.2) is 70.2 Å². The van der Waals surface area contributed by atoms with Gasteiger partial charge >= 0.3 is 5.97 Å². The second kappa shape index (κ2) is 8.38. The lowest BCUT2D eigenvalue weighted by atomic mass is 10.4. The van der Waals surface area contributed by atoms with Gasteiger partial charge in [0.05, 0.1) is 26.2 Å². The van der Waals surface area contributed by atoms with E-state index in [9.17, 15) is 4.79 Å². The Hall–Kier alpha value is -2.75. The van der Waals surface area contributed by atoms with E-state index in [1.165, 1.54) is 0 Å². The quantitative estimate of drug-likeness (QED) is 0.706. The molecule has 25 heavy (non-hydrogen) atoms. The monoisotopic (exact) mass is 347 g/mol. The molecule has 0 aliphatic carbocycles. The van der Waals surface area contributed by atoms with Crippen molar-refractivity contribution >= 4 is 17.9 Å². The molecule has 3 heterocycles. The van der Waals surface area contributed by atoms with Crippen LogP contribution in [0.3, 0.4) is 0 Å². The van der Waals surface area contributed by atoms with Crippen LogP contribution in [0, 0.1) is 0 Å². The van der Waals surface area contributed by atoms with Crippen LogP contribution in [0.1, 0.15) is 13.3 Å². The first-order valence-electron chi connectivity index (χ1n) is 8.24. The predicted octanol–water partition coefficient (Wildman–Crippen LogP) is 0.259. The molecule has 0 unspecified atom stereocenters. The maximum Gasteiger partial charge on any atom is 0.307 e. The first kappa shape index (κ1) is 17.1. The number of rotatable bonds is 7. The Labute approximate surface area is 145 Å². The van der Waals surface area contributed by atoms with Crippen molar-refractivity contribution in [2.75, 3.05) is 49.7 Å². The number of anilines is 2. The zero-order valence-electron chi connectivity index (χ0n) is 14.1. The Morgan fingerprint density at radius 1 is 1.28 bits per heavy atom. The van der Waals surface area contributed by atoms with Gasteiger partial charge in [-0.15, -0.1) is 0 Å². The minimum atomic E-state index is -0.259. The Balaban J connectivity index is 1.76. The SMILES string of the molecule is CCOC(=O)CCNc1nc(N2CCOCC2)nc(-n2cccn2)n1. The summed E-state index contributed by atoms with van der Waals surface area (Å²) in [5.41, 5.74) is 0. The van der Waals surface area contributed by atoms with Gasteiger partial charge in [0.25, 0.3) is 5.95 Å². The normalized spacial score (nSPS) is 14.4. The molecular weight excluding hydrogens is 326 g/mol. The second-order valence-corrected chi connectivity index (χ2v) is 5.29. The summed E-state index contributed by atoms with van der Waals surface area (Å²) in [4.78, 5) is 26.8. The van der Waals surface area contributed by atoms with Crippen molar-refractivity contribution in [2.45, 2.75) is 13.3 Å². The Bertz CT molecular complexity index is 686. The highest BCUT2D eigenvalue weighted by molar-refractivity contribution is 5.69. The van der Waals surface area contributed by atoms with Crippen LogP contribution in [0.2, 0.25) is 0 Å². The van der Waals surface area contributed by atoms with Gasteiger partial charge in [-0.05, 0) is 13.0 Å². The molecule has 10 heteroatoms. The van der Waals surface area contributed by atoms with Crippen molar-refractivity contribution in [2.24, 2.45) is 0 Å². The zero-order chi connectivity index (χ0) is 17.5. The molecule has 2 aromatic heterocycles. The number of ether oxygens (including phenoxy) is 2. The first-order chi connectivity index (χ1) is 12.3. The van der Waals surface area contributed by atoms with Crippen molar-refractivity contribution in [3.8, 4) is 5.95 Å². The topological polar surface area (TPSA) is 107 Å². The van der Waals surface area contributed by atoms with Crippen LogP contribution in [0.4, 0.5) is 11.9 Å². The van der Waals surface area contributed by atoms with Gasteiger partial charge in [0, 0.05) is 32.0 Å². The van der Waals surface area contributed by atoms with Gasteiger partial charge in [0.2, 0.25) is 11.9 Å². The molecule has 3 rings (SSSR count). The number of morpholine rings is 1. The molecule has 0 bridgehead atoms. The molecule has 134 valence electrons. The molecule has 0 saturated carbocycles. The van der Waals surface area contributed by atoms with Crippen molar-refractivity contribution < 1.29 is 14.3 Å². The molecule has 10 nitrogen and oxygen atoms in total. The first-order valence-corrected chi connectivity index (χ1v) is 8.24. The fourth-order valence-corrected chi connectivity index (χ4v) is 2.34. The predicted molar refractivity (Wildman–Crippen MR) is 89.7 cm³/mol. The molecule has 0 spiro atoms. The summed E-state index contributed by atoms with van der Waals surface area (Å²) >= 11 is 0. The highest BCUT2D eigenvalue weighted by Gasteiger charge is 2.17. The zero-order valence-corrected chi connectivity index (χ0v) is 14.1. The van der Waals surface area contributed by atoms with Crippen molar-refractivity contribution in [1.82, 2.24) is 24.7 Å². The molecular formula is C15H21N7O3. The number of carbonyl (C=O) groups is 1. The summed E-state index contributed by atoms with van der Waals surface area (Å²) in [6.07, 6.45) is 3.66. The summed E-state index contributed by atoms with van der Waals surface area (Å²) in [5, 5.41) is 7.22. The number of aromatic nitrogens is 5.